The number of hydrogen-bond acceptors (Lipinski definition) is 6. The molecule has 0 aromatic rings. The van der Waals surface area contributed by atoms with Crippen molar-refractivity contribution in [2.24, 2.45) is 0 Å². The molecule has 0 spiro atoms. The maximum atomic E-state index is 5.89. The molecule has 0 radical (unpaired) electrons. The second-order valence-corrected chi connectivity index (χ2v) is 17.3. The van der Waals surface area contributed by atoms with Gasteiger partial charge in [0, 0.05) is 51.7 Å². The number of unbranched alkanes of at least 4 members (excludes halogenated alkanes) is 18. The van der Waals surface area contributed by atoms with Crippen LogP contribution in [0.25, 0.3) is 0 Å². The molecule has 0 saturated heterocycles. The van der Waals surface area contributed by atoms with Gasteiger partial charge in [-0.2, -0.15) is 0 Å². The molecule has 8 heteroatoms. The predicted molar refractivity (Wildman–Crippen MR) is 195 cm³/mol. The Morgan fingerprint density at radius 2 is 0.432 bits per heavy atom. The SMILES string of the molecule is CCCCCCCCCCCC[Si](OCC)(OCC)OCC.CCCCCCCCCCCC[Si](OCC)(OCC)OCC. The average molecular weight is 665 g/mol. The van der Waals surface area contributed by atoms with Gasteiger partial charge in [-0.3, -0.25) is 0 Å². The summed E-state index contributed by atoms with van der Waals surface area (Å²) in [5.41, 5.74) is 0. The van der Waals surface area contributed by atoms with E-state index in [1.165, 1.54) is 128 Å². The zero-order valence-corrected chi connectivity index (χ0v) is 33.2. The van der Waals surface area contributed by atoms with Crippen LogP contribution in [0.5, 0.6) is 0 Å². The van der Waals surface area contributed by atoms with Gasteiger partial charge in [-0.05, 0) is 54.4 Å². The summed E-state index contributed by atoms with van der Waals surface area (Å²) in [7, 11) is -4.77. The Balaban J connectivity index is 0. The Labute approximate surface area is 279 Å². The first-order chi connectivity index (χ1) is 21.5. The van der Waals surface area contributed by atoms with E-state index in [1.807, 2.05) is 41.5 Å². The lowest BCUT2D eigenvalue weighted by molar-refractivity contribution is 0.0698. The normalized spacial score (nSPS) is 12.0. The molecule has 0 heterocycles. The molecule has 0 fully saturated rings. The van der Waals surface area contributed by atoms with Gasteiger partial charge in [0.25, 0.3) is 0 Å². The van der Waals surface area contributed by atoms with Gasteiger partial charge in [0.05, 0.1) is 0 Å². The van der Waals surface area contributed by atoms with E-state index >= 15 is 0 Å². The van der Waals surface area contributed by atoms with E-state index in [0.29, 0.717) is 39.6 Å². The first-order valence-corrected chi connectivity index (χ1v) is 23.2. The van der Waals surface area contributed by atoms with E-state index in [-0.39, 0.29) is 0 Å². The topological polar surface area (TPSA) is 55.4 Å². The molecular formula is C36H80O6Si2. The fraction of sp³-hybridized carbons (Fsp3) is 1.00. The predicted octanol–water partition coefficient (Wildman–Crippen LogP) is 11.9. The van der Waals surface area contributed by atoms with Crippen LogP contribution in [0, 0.1) is 0 Å². The van der Waals surface area contributed by atoms with Crippen LogP contribution in [0.15, 0.2) is 0 Å². The van der Waals surface area contributed by atoms with Gasteiger partial charge < -0.3 is 26.6 Å². The molecule has 0 aliphatic rings. The first-order valence-electron chi connectivity index (χ1n) is 19.3. The Morgan fingerprint density at radius 3 is 0.614 bits per heavy atom. The molecular weight excluding hydrogens is 585 g/mol. The molecule has 0 unspecified atom stereocenters. The fourth-order valence-corrected chi connectivity index (χ4v) is 11.0. The maximum absolute atomic E-state index is 5.89. The monoisotopic (exact) mass is 665 g/mol. The second kappa shape index (κ2) is 36.0. The van der Waals surface area contributed by atoms with E-state index < -0.39 is 17.6 Å². The highest BCUT2D eigenvalue weighted by atomic mass is 28.4. The van der Waals surface area contributed by atoms with Crippen molar-refractivity contribution in [3.05, 3.63) is 0 Å². The zero-order chi connectivity index (χ0) is 33.0. The minimum absolute atomic E-state index is 0.685. The molecule has 0 aliphatic heterocycles. The molecule has 0 aromatic heterocycles. The summed E-state index contributed by atoms with van der Waals surface area (Å²) < 4.78 is 35.3. The second-order valence-electron chi connectivity index (χ2n) is 11.8. The maximum Gasteiger partial charge on any atom is 0.500 e. The van der Waals surface area contributed by atoms with E-state index in [2.05, 4.69) is 13.8 Å². The van der Waals surface area contributed by atoms with E-state index in [1.54, 1.807) is 0 Å². The van der Waals surface area contributed by atoms with Gasteiger partial charge in [0.1, 0.15) is 0 Å². The molecule has 0 N–H and O–H groups in total. The third-order valence-corrected chi connectivity index (χ3v) is 14.2. The highest BCUT2D eigenvalue weighted by molar-refractivity contribution is 6.61. The lowest BCUT2D eigenvalue weighted by Gasteiger charge is -2.28. The van der Waals surface area contributed by atoms with Crippen LogP contribution in [0.1, 0.15) is 184 Å². The molecule has 268 valence electrons. The molecule has 0 rings (SSSR count). The minimum Gasteiger partial charge on any atom is -0.374 e. The van der Waals surface area contributed by atoms with Crippen LogP contribution in [0.4, 0.5) is 0 Å². The Morgan fingerprint density at radius 1 is 0.250 bits per heavy atom. The Hall–Kier alpha value is 0.194. The average Bonchev–Trinajstić information content (AvgIpc) is 3.00. The number of hydrogen-bond donors (Lipinski definition) is 0. The Bertz CT molecular complexity index is 461. The van der Waals surface area contributed by atoms with Gasteiger partial charge in [-0.15, -0.1) is 0 Å². The molecule has 44 heavy (non-hydrogen) atoms. The van der Waals surface area contributed by atoms with Crippen molar-refractivity contribution < 1.29 is 26.6 Å². The molecule has 0 saturated carbocycles. The van der Waals surface area contributed by atoms with Crippen LogP contribution in [-0.4, -0.2) is 57.3 Å². The quantitative estimate of drug-likeness (QED) is 0.0504. The zero-order valence-electron chi connectivity index (χ0n) is 31.2. The van der Waals surface area contributed by atoms with Crippen molar-refractivity contribution in [3.63, 3.8) is 0 Å². The third-order valence-electron chi connectivity index (χ3n) is 7.86. The number of rotatable bonds is 34. The fourth-order valence-electron chi connectivity index (χ4n) is 5.66. The summed E-state index contributed by atoms with van der Waals surface area (Å²) in [6.45, 7) is 20.8. The van der Waals surface area contributed by atoms with E-state index in [9.17, 15) is 0 Å². The van der Waals surface area contributed by atoms with Gasteiger partial charge >= 0.3 is 17.6 Å². The highest BCUT2D eigenvalue weighted by Crippen LogP contribution is 2.22. The highest BCUT2D eigenvalue weighted by Gasteiger charge is 2.40. The molecule has 6 nitrogen and oxygen atoms in total. The van der Waals surface area contributed by atoms with Crippen LogP contribution >= 0.6 is 0 Å². The van der Waals surface area contributed by atoms with Gasteiger partial charge in [0.15, 0.2) is 0 Å². The lowest BCUT2D eigenvalue weighted by Crippen LogP contribution is -2.45. The van der Waals surface area contributed by atoms with Crippen molar-refractivity contribution in [2.45, 2.75) is 196 Å². The largest absolute Gasteiger partial charge is 0.500 e. The summed E-state index contributed by atoms with van der Waals surface area (Å²) in [5, 5.41) is 0. The molecule has 0 aromatic carbocycles. The van der Waals surface area contributed by atoms with Crippen molar-refractivity contribution >= 4 is 17.6 Å². The molecule has 0 amide bonds. The standard InChI is InChI=1S/2C18H40O3Si/c2*1-5-9-10-11-12-13-14-15-16-17-18-22(19-6-2,20-7-3)21-8-4/h2*5-18H2,1-4H3. The van der Waals surface area contributed by atoms with Gasteiger partial charge in [0.2, 0.25) is 0 Å². The summed E-state index contributed by atoms with van der Waals surface area (Å²) in [6.07, 6.45) is 27.1. The smallest absolute Gasteiger partial charge is 0.374 e. The van der Waals surface area contributed by atoms with Crippen LogP contribution < -0.4 is 0 Å². The Kier molecular flexibility index (Phi) is 37.9. The summed E-state index contributed by atoms with van der Waals surface area (Å²) in [6, 6.07) is 1.94. The minimum atomic E-state index is -2.39. The van der Waals surface area contributed by atoms with Crippen LogP contribution in [-0.2, 0) is 26.6 Å². The molecule has 0 aliphatic carbocycles. The summed E-state index contributed by atoms with van der Waals surface area (Å²) in [4.78, 5) is 0. The summed E-state index contributed by atoms with van der Waals surface area (Å²) in [5.74, 6) is 0. The van der Waals surface area contributed by atoms with E-state index in [0.717, 1.165) is 12.1 Å². The van der Waals surface area contributed by atoms with Crippen molar-refractivity contribution in [2.75, 3.05) is 39.6 Å². The van der Waals surface area contributed by atoms with Gasteiger partial charge in [-0.25, -0.2) is 0 Å². The summed E-state index contributed by atoms with van der Waals surface area (Å²) >= 11 is 0. The lowest BCUT2D eigenvalue weighted by atomic mass is 10.1. The molecule has 0 atom stereocenters. The van der Waals surface area contributed by atoms with Crippen molar-refractivity contribution in [1.82, 2.24) is 0 Å². The van der Waals surface area contributed by atoms with Gasteiger partial charge in [-0.1, -0.05) is 129 Å². The third kappa shape index (κ3) is 28.4. The molecule has 0 bridgehead atoms. The van der Waals surface area contributed by atoms with E-state index in [4.69, 9.17) is 26.6 Å². The van der Waals surface area contributed by atoms with Crippen LogP contribution in [0.3, 0.4) is 0 Å². The van der Waals surface area contributed by atoms with Crippen LogP contribution in [0.2, 0.25) is 12.1 Å². The first kappa shape index (κ1) is 46.3. The van der Waals surface area contributed by atoms with Crippen molar-refractivity contribution in [1.29, 1.82) is 0 Å². The van der Waals surface area contributed by atoms with Crippen molar-refractivity contribution in [3.8, 4) is 0 Å².